The molecule has 1 N–H and O–H groups in total. The van der Waals surface area contributed by atoms with Gasteiger partial charge in [0.25, 0.3) is 0 Å². The van der Waals surface area contributed by atoms with Gasteiger partial charge in [-0.2, -0.15) is 0 Å². The lowest BCUT2D eigenvalue weighted by Gasteiger charge is -2.13. The molecule has 0 bridgehead atoms. The van der Waals surface area contributed by atoms with Crippen LogP contribution in [-0.4, -0.2) is 36.6 Å². The largest absolute Gasteiger partial charge is 0.497 e. The van der Waals surface area contributed by atoms with Gasteiger partial charge in [0.15, 0.2) is 12.2 Å². The van der Waals surface area contributed by atoms with Gasteiger partial charge in [0.1, 0.15) is 5.75 Å². The van der Waals surface area contributed by atoms with Crippen molar-refractivity contribution in [2.75, 3.05) is 13.7 Å². The van der Waals surface area contributed by atoms with Crippen LogP contribution in [0.5, 0.6) is 5.75 Å². The molecular weight excluding hydrogens is 346 g/mol. The van der Waals surface area contributed by atoms with Crippen molar-refractivity contribution in [3.05, 3.63) is 65.2 Å². The van der Waals surface area contributed by atoms with Gasteiger partial charge in [0, 0.05) is 19.4 Å². The van der Waals surface area contributed by atoms with E-state index in [0.717, 1.165) is 28.2 Å². The number of nitrogens with zero attached hydrogens (tertiary/aromatic N) is 1. The van der Waals surface area contributed by atoms with E-state index in [1.807, 2.05) is 48.5 Å². The van der Waals surface area contributed by atoms with Crippen LogP contribution in [0, 0.1) is 0 Å². The number of oxime groups is 1. The van der Waals surface area contributed by atoms with E-state index in [9.17, 15) is 9.90 Å². The van der Waals surface area contributed by atoms with E-state index in [1.54, 1.807) is 14.0 Å². The molecule has 1 aliphatic heterocycles. The summed E-state index contributed by atoms with van der Waals surface area (Å²) in [6.45, 7) is 2.15. The van der Waals surface area contributed by atoms with Gasteiger partial charge in [0.2, 0.25) is 0 Å². The first-order chi connectivity index (χ1) is 13.1. The molecule has 0 spiro atoms. The van der Waals surface area contributed by atoms with Crippen molar-refractivity contribution in [1.29, 1.82) is 0 Å². The van der Waals surface area contributed by atoms with E-state index in [1.165, 1.54) is 0 Å². The van der Waals surface area contributed by atoms with Crippen LogP contribution in [0.4, 0.5) is 0 Å². The van der Waals surface area contributed by atoms with Crippen molar-refractivity contribution >= 4 is 11.7 Å². The third-order valence-corrected chi connectivity index (χ3v) is 4.48. The lowest BCUT2D eigenvalue weighted by atomic mass is 9.97. The Morgan fingerprint density at radius 3 is 2.74 bits per heavy atom. The van der Waals surface area contributed by atoms with Crippen LogP contribution in [0.15, 0.2) is 53.7 Å². The van der Waals surface area contributed by atoms with Crippen LogP contribution in [0.2, 0.25) is 0 Å². The van der Waals surface area contributed by atoms with E-state index in [4.69, 9.17) is 14.3 Å². The summed E-state index contributed by atoms with van der Waals surface area (Å²) in [6.07, 6.45) is -0.0137. The summed E-state index contributed by atoms with van der Waals surface area (Å²) in [5.41, 5.74) is 3.71. The van der Waals surface area contributed by atoms with Crippen molar-refractivity contribution in [3.8, 4) is 5.75 Å². The second-order valence-corrected chi connectivity index (χ2v) is 6.30. The summed E-state index contributed by atoms with van der Waals surface area (Å²) in [5, 5.41) is 13.5. The molecule has 2 aromatic rings. The molecule has 3 rings (SSSR count). The molecule has 1 aliphatic rings. The summed E-state index contributed by atoms with van der Waals surface area (Å²) < 4.78 is 10.5. The fourth-order valence-electron chi connectivity index (χ4n) is 3.06. The maximum Gasteiger partial charge on any atom is 0.333 e. The number of hydrogen-bond acceptors (Lipinski definition) is 5. The molecule has 6 heteroatoms. The van der Waals surface area contributed by atoms with Crippen molar-refractivity contribution in [1.82, 2.24) is 0 Å². The topological polar surface area (TPSA) is 77.3 Å². The maximum absolute atomic E-state index is 11.3. The first kappa shape index (κ1) is 18.9. The third kappa shape index (κ3) is 4.65. The number of aliphatic carboxylic acids is 1. The number of methoxy groups -OCH3 is 1. The third-order valence-electron chi connectivity index (χ3n) is 4.48. The lowest BCUT2D eigenvalue weighted by Crippen LogP contribution is -2.26. The minimum atomic E-state index is -0.955. The summed E-state index contributed by atoms with van der Waals surface area (Å²) in [6, 6.07) is 15.4. The second kappa shape index (κ2) is 8.68. The molecule has 0 saturated heterocycles. The summed E-state index contributed by atoms with van der Waals surface area (Å²) in [7, 11) is 1.63. The Bertz CT molecular complexity index is 816. The molecule has 0 fully saturated rings. The zero-order valence-electron chi connectivity index (χ0n) is 15.4. The number of benzene rings is 2. The zero-order chi connectivity index (χ0) is 19.2. The Morgan fingerprint density at radius 2 is 2.07 bits per heavy atom. The molecule has 0 saturated carbocycles. The fraction of sp³-hybridized carbons (Fsp3) is 0.333. The van der Waals surface area contributed by atoms with Gasteiger partial charge in [-0.25, -0.2) is 4.79 Å². The highest BCUT2D eigenvalue weighted by atomic mass is 16.6. The average molecular weight is 369 g/mol. The standard InChI is InChI=1S/C21H23NO5/c1-3-26-20(21(23)24)12-14-5-4-6-16(11-14)18-13-19(27-22-18)15-7-9-17(25-2)10-8-15/h4-11,19-20H,3,12-13H2,1-2H3,(H,23,24). The van der Waals surface area contributed by atoms with Crippen LogP contribution >= 0.6 is 0 Å². The Balaban J connectivity index is 1.69. The summed E-state index contributed by atoms with van der Waals surface area (Å²) in [4.78, 5) is 16.9. The molecule has 1 heterocycles. The van der Waals surface area contributed by atoms with Gasteiger partial charge >= 0.3 is 5.97 Å². The van der Waals surface area contributed by atoms with E-state index in [0.29, 0.717) is 19.4 Å². The normalized spacial score (nSPS) is 17.1. The van der Waals surface area contributed by atoms with Gasteiger partial charge in [-0.15, -0.1) is 0 Å². The molecule has 142 valence electrons. The Hall–Kier alpha value is -2.86. The summed E-state index contributed by atoms with van der Waals surface area (Å²) >= 11 is 0. The highest BCUT2D eigenvalue weighted by Gasteiger charge is 2.24. The second-order valence-electron chi connectivity index (χ2n) is 6.30. The lowest BCUT2D eigenvalue weighted by molar-refractivity contribution is -0.149. The number of carbonyl (C=O) groups is 1. The van der Waals surface area contributed by atoms with Crippen LogP contribution < -0.4 is 4.74 Å². The van der Waals surface area contributed by atoms with E-state index >= 15 is 0 Å². The van der Waals surface area contributed by atoms with Crippen molar-refractivity contribution < 1.29 is 24.2 Å². The fourth-order valence-corrected chi connectivity index (χ4v) is 3.06. The van der Waals surface area contributed by atoms with Crippen LogP contribution in [0.3, 0.4) is 0 Å². The van der Waals surface area contributed by atoms with E-state index < -0.39 is 12.1 Å². The van der Waals surface area contributed by atoms with Gasteiger partial charge in [-0.05, 0) is 41.8 Å². The average Bonchev–Trinajstić information content (AvgIpc) is 3.18. The number of carboxylic acids is 1. The Kier molecular flexibility index (Phi) is 6.08. The van der Waals surface area contributed by atoms with Gasteiger partial charge in [-0.1, -0.05) is 35.5 Å². The molecule has 0 amide bonds. The molecule has 6 nitrogen and oxygen atoms in total. The number of carboxylic acid groups (broad SMARTS) is 1. The molecule has 27 heavy (non-hydrogen) atoms. The summed E-state index contributed by atoms with van der Waals surface area (Å²) in [5.74, 6) is -0.156. The van der Waals surface area contributed by atoms with Gasteiger partial charge in [0.05, 0.1) is 12.8 Å². The molecule has 0 aromatic heterocycles. The predicted molar refractivity (Wildman–Crippen MR) is 101 cm³/mol. The van der Waals surface area contributed by atoms with E-state index in [-0.39, 0.29) is 6.10 Å². The van der Waals surface area contributed by atoms with Crippen molar-refractivity contribution in [3.63, 3.8) is 0 Å². The van der Waals surface area contributed by atoms with E-state index in [2.05, 4.69) is 5.16 Å². The van der Waals surface area contributed by atoms with Gasteiger partial charge in [-0.3, -0.25) is 0 Å². The molecule has 2 aromatic carbocycles. The van der Waals surface area contributed by atoms with Crippen LogP contribution in [-0.2, 0) is 20.8 Å². The van der Waals surface area contributed by atoms with Crippen molar-refractivity contribution in [2.45, 2.75) is 32.0 Å². The number of hydrogen-bond donors (Lipinski definition) is 1. The molecule has 0 radical (unpaired) electrons. The Labute approximate surface area is 158 Å². The quantitative estimate of drug-likeness (QED) is 0.769. The highest BCUT2D eigenvalue weighted by Crippen LogP contribution is 2.30. The molecule has 2 unspecified atom stereocenters. The molecule has 0 aliphatic carbocycles. The Morgan fingerprint density at radius 1 is 1.30 bits per heavy atom. The minimum absolute atomic E-state index is 0.134. The van der Waals surface area contributed by atoms with Crippen LogP contribution in [0.1, 0.15) is 36.1 Å². The molecular formula is C21H23NO5. The predicted octanol–water partition coefficient (Wildman–Crippen LogP) is 3.59. The SMILES string of the molecule is CCOC(Cc1cccc(C2=NOC(c3ccc(OC)cc3)C2)c1)C(=O)O. The van der Waals surface area contributed by atoms with Crippen molar-refractivity contribution in [2.24, 2.45) is 5.16 Å². The molecule has 2 atom stereocenters. The first-order valence-corrected chi connectivity index (χ1v) is 8.91. The minimum Gasteiger partial charge on any atom is -0.497 e. The monoisotopic (exact) mass is 369 g/mol. The van der Waals surface area contributed by atoms with Crippen LogP contribution in [0.25, 0.3) is 0 Å². The first-order valence-electron chi connectivity index (χ1n) is 8.91. The zero-order valence-corrected chi connectivity index (χ0v) is 15.4. The highest BCUT2D eigenvalue weighted by molar-refractivity contribution is 6.01. The number of ether oxygens (including phenoxy) is 2. The van der Waals surface area contributed by atoms with Gasteiger partial charge < -0.3 is 19.4 Å². The smallest absolute Gasteiger partial charge is 0.333 e. The number of rotatable bonds is 8. The maximum atomic E-state index is 11.3.